The average Bonchev–Trinajstić information content (AvgIpc) is 2.91. The van der Waals surface area contributed by atoms with Gasteiger partial charge >= 0.3 is 5.97 Å². The highest BCUT2D eigenvalue weighted by Crippen LogP contribution is 2.24. The molecule has 0 unspecified atom stereocenters. The van der Waals surface area contributed by atoms with E-state index < -0.39 is 30.8 Å². The summed E-state index contributed by atoms with van der Waals surface area (Å²) in [5, 5.41) is 4.37. The molecule has 0 saturated heterocycles. The smallest absolute Gasteiger partial charge is 0.337 e. The molecule has 0 bridgehead atoms. The fourth-order valence-corrected chi connectivity index (χ4v) is 3.16. The normalized spacial score (nSPS) is 14.7. The summed E-state index contributed by atoms with van der Waals surface area (Å²) in [7, 11) is 1.21. The maximum Gasteiger partial charge on any atom is 0.337 e. The van der Waals surface area contributed by atoms with Gasteiger partial charge < -0.3 is 20.1 Å². The Morgan fingerprint density at radius 2 is 1.60 bits per heavy atom. The second kappa shape index (κ2) is 10.6. The molecule has 0 radical (unpaired) electrons. The zero-order valence-corrected chi connectivity index (χ0v) is 18.5. The van der Waals surface area contributed by atoms with Crippen molar-refractivity contribution in [3.05, 3.63) is 88.5 Å². The number of hydrogen-bond acceptors (Lipinski definition) is 8. The SMILES string of the molecule is [2H]C([2H])(NC(=O)c1cc(C(=O)NC([2H])([2H])c2ccc3c(c2)CC(=O)CO3)ncn1)c1ccc(C(=O)OC)cc1. The summed E-state index contributed by atoms with van der Waals surface area (Å²) >= 11 is 0. The van der Waals surface area contributed by atoms with Crippen molar-refractivity contribution in [2.45, 2.75) is 19.4 Å². The second-order valence-corrected chi connectivity index (χ2v) is 7.34. The number of esters is 1. The molecule has 10 nitrogen and oxygen atoms in total. The first-order chi connectivity index (χ1) is 18.4. The molecule has 4 rings (SSSR count). The van der Waals surface area contributed by atoms with Crippen LogP contribution in [-0.2, 0) is 28.9 Å². The van der Waals surface area contributed by atoms with E-state index in [1.807, 2.05) is 0 Å². The van der Waals surface area contributed by atoms with E-state index in [4.69, 9.17) is 10.2 Å². The lowest BCUT2D eigenvalue weighted by Gasteiger charge is -2.17. The molecule has 0 atom stereocenters. The molecule has 2 heterocycles. The van der Waals surface area contributed by atoms with Gasteiger partial charge in [0.2, 0.25) is 0 Å². The molecule has 1 aliphatic heterocycles. The quantitative estimate of drug-likeness (QED) is 0.489. The molecule has 178 valence electrons. The van der Waals surface area contributed by atoms with Gasteiger partial charge in [-0.3, -0.25) is 14.4 Å². The summed E-state index contributed by atoms with van der Waals surface area (Å²) in [6.45, 7) is -4.79. The lowest BCUT2D eigenvalue weighted by molar-refractivity contribution is -0.121. The number of fused-ring (bicyclic) bond motifs is 1. The van der Waals surface area contributed by atoms with E-state index in [1.54, 1.807) is 0 Å². The number of Topliss-reactive ketones (excluding diaryl/α,β-unsaturated/α-hetero) is 1. The number of benzene rings is 2. The van der Waals surface area contributed by atoms with Crippen molar-refractivity contribution in [2.24, 2.45) is 0 Å². The summed E-state index contributed by atoms with van der Waals surface area (Å²) in [6, 6.07) is 10.7. The molecule has 2 aromatic carbocycles. The topological polar surface area (TPSA) is 137 Å². The zero-order valence-electron chi connectivity index (χ0n) is 22.5. The van der Waals surface area contributed by atoms with Crippen LogP contribution in [0.5, 0.6) is 5.75 Å². The van der Waals surface area contributed by atoms with Gasteiger partial charge in [0.1, 0.15) is 30.1 Å². The van der Waals surface area contributed by atoms with Gasteiger partial charge in [-0.1, -0.05) is 18.2 Å². The molecule has 10 heteroatoms. The Labute approximate surface area is 206 Å². The minimum Gasteiger partial charge on any atom is -0.486 e. The molecule has 0 saturated carbocycles. The number of methoxy groups -OCH3 is 1. The maximum atomic E-state index is 12.8. The van der Waals surface area contributed by atoms with Gasteiger partial charge in [0.15, 0.2) is 5.78 Å². The van der Waals surface area contributed by atoms with Crippen LogP contribution in [-0.4, -0.2) is 47.3 Å². The Hall–Kier alpha value is -4.60. The maximum absolute atomic E-state index is 12.8. The van der Waals surface area contributed by atoms with Gasteiger partial charge in [-0.15, -0.1) is 0 Å². The number of ether oxygens (including phenoxy) is 2. The molecular formula is C25H22N4O6. The Morgan fingerprint density at radius 3 is 2.26 bits per heavy atom. The van der Waals surface area contributed by atoms with Crippen molar-refractivity contribution < 1.29 is 34.1 Å². The van der Waals surface area contributed by atoms with Crippen LogP contribution in [0.15, 0.2) is 54.9 Å². The van der Waals surface area contributed by atoms with Crippen molar-refractivity contribution >= 4 is 23.6 Å². The minimum atomic E-state index is -2.37. The summed E-state index contributed by atoms with van der Waals surface area (Å²) < 4.78 is 43.0. The van der Waals surface area contributed by atoms with Crippen molar-refractivity contribution in [3.63, 3.8) is 0 Å². The highest BCUT2D eigenvalue weighted by molar-refractivity contribution is 5.97. The van der Waals surface area contributed by atoms with Crippen LogP contribution in [0.4, 0.5) is 0 Å². The highest BCUT2D eigenvalue weighted by Gasteiger charge is 2.18. The Morgan fingerprint density at radius 1 is 0.971 bits per heavy atom. The molecule has 2 amide bonds. The largest absolute Gasteiger partial charge is 0.486 e. The zero-order chi connectivity index (χ0) is 28.4. The minimum absolute atomic E-state index is 0.0425. The molecule has 35 heavy (non-hydrogen) atoms. The third-order valence-electron chi connectivity index (χ3n) is 4.92. The third-order valence-corrected chi connectivity index (χ3v) is 4.92. The van der Waals surface area contributed by atoms with Gasteiger partial charge in [-0.25, -0.2) is 14.8 Å². The van der Waals surface area contributed by atoms with Crippen molar-refractivity contribution in [1.82, 2.24) is 20.6 Å². The monoisotopic (exact) mass is 478 g/mol. The lowest BCUT2D eigenvalue weighted by Crippen LogP contribution is -2.27. The molecule has 3 aromatic rings. The first-order valence-electron chi connectivity index (χ1n) is 12.3. The second-order valence-electron chi connectivity index (χ2n) is 7.34. The van der Waals surface area contributed by atoms with Gasteiger partial charge in [-0.05, 0) is 35.4 Å². The highest BCUT2D eigenvalue weighted by atomic mass is 16.5. The van der Waals surface area contributed by atoms with Crippen LogP contribution in [0.25, 0.3) is 0 Å². The van der Waals surface area contributed by atoms with Crippen LogP contribution in [0.1, 0.15) is 53.5 Å². The molecule has 0 aliphatic carbocycles. The molecule has 1 aromatic heterocycles. The number of aromatic nitrogens is 2. The van der Waals surface area contributed by atoms with E-state index in [-0.39, 0.29) is 46.9 Å². The molecule has 0 fully saturated rings. The van der Waals surface area contributed by atoms with Crippen molar-refractivity contribution in [2.75, 3.05) is 13.7 Å². The van der Waals surface area contributed by atoms with Crippen LogP contribution in [0.2, 0.25) is 0 Å². The fourth-order valence-electron chi connectivity index (χ4n) is 3.16. The number of rotatable bonds is 7. The van der Waals surface area contributed by atoms with E-state index in [1.165, 1.54) is 49.6 Å². The Kier molecular flexibility index (Phi) is 5.66. The summed E-state index contributed by atoms with van der Waals surface area (Å²) in [5.74, 6) is -2.21. The molecule has 0 spiro atoms. The average molecular weight is 478 g/mol. The molecule has 2 N–H and O–H groups in total. The van der Waals surface area contributed by atoms with Crippen molar-refractivity contribution in [3.8, 4) is 5.75 Å². The van der Waals surface area contributed by atoms with E-state index in [0.717, 1.165) is 12.4 Å². The number of nitrogens with zero attached hydrogens (tertiary/aromatic N) is 2. The number of hydrogen-bond donors (Lipinski definition) is 2. The predicted octanol–water partition coefficient (Wildman–Crippen LogP) is 1.63. The van der Waals surface area contributed by atoms with Crippen LogP contribution in [0, 0.1) is 0 Å². The Bertz CT molecular complexity index is 1460. The van der Waals surface area contributed by atoms with E-state index in [0.29, 0.717) is 11.3 Å². The van der Waals surface area contributed by atoms with Gasteiger partial charge in [0.05, 0.1) is 18.2 Å². The van der Waals surface area contributed by atoms with Gasteiger partial charge in [0, 0.05) is 31.0 Å². The summed E-state index contributed by atoms with van der Waals surface area (Å²) in [4.78, 5) is 56.4. The third kappa shape index (κ3) is 5.85. The summed E-state index contributed by atoms with van der Waals surface area (Å²) in [6.07, 6.45) is 1.00. The number of carbonyl (C=O) groups excluding carboxylic acids is 4. The van der Waals surface area contributed by atoms with Crippen LogP contribution < -0.4 is 15.4 Å². The van der Waals surface area contributed by atoms with Crippen LogP contribution in [0.3, 0.4) is 0 Å². The fraction of sp³-hybridized carbons (Fsp3) is 0.200. The van der Waals surface area contributed by atoms with Gasteiger partial charge in [0.25, 0.3) is 11.8 Å². The molecule has 1 aliphatic rings. The number of amides is 2. The lowest BCUT2D eigenvalue weighted by atomic mass is 10.0. The van der Waals surface area contributed by atoms with E-state index in [2.05, 4.69) is 25.3 Å². The Balaban J connectivity index is 1.47. The predicted molar refractivity (Wildman–Crippen MR) is 123 cm³/mol. The van der Waals surface area contributed by atoms with E-state index in [9.17, 15) is 19.2 Å². The number of nitrogens with one attached hydrogen (secondary N) is 2. The number of carbonyl (C=O) groups is 4. The summed E-state index contributed by atoms with van der Waals surface area (Å²) in [5.41, 5.74) is 0.143. The first kappa shape index (κ1) is 18.8. The van der Waals surface area contributed by atoms with E-state index >= 15 is 0 Å². The van der Waals surface area contributed by atoms with Crippen molar-refractivity contribution in [1.29, 1.82) is 0 Å². The van der Waals surface area contributed by atoms with Gasteiger partial charge in [-0.2, -0.15) is 0 Å². The molecular weight excluding hydrogens is 452 g/mol. The van der Waals surface area contributed by atoms with Crippen LogP contribution >= 0.6 is 0 Å². The standard InChI is InChI=1S/C25H22N4O6/c1-34-25(33)17-5-2-15(3-6-17)11-26-23(31)20-10-21(29-14-28-20)24(32)27-12-16-4-7-22-18(8-16)9-19(30)13-35-22/h2-8,10,14H,9,11-13H2,1H3,(H,26,31)(H,27,32)/i11D2,12D2. The first-order valence-corrected chi connectivity index (χ1v) is 10.3. The number of ketones is 1.